The Morgan fingerprint density at radius 3 is 1.63 bits per heavy atom. The summed E-state index contributed by atoms with van der Waals surface area (Å²) in [6.07, 6.45) is 0. The molecule has 8 nitrogen and oxygen atoms in total. The molecule has 4 rings (SSSR count). The second-order valence-corrected chi connectivity index (χ2v) is 7.87. The van der Waals surface area contributed by atoms with E-state index < -0.39 is 6.04 Å². The Labute approximate surface area is 204 Å². The van der Waals surface area contributed by atoms with Gasteiger partial charge in [-0.05, 0) is 79.7 Å². The number of carbonyl (C=O) groups excluding carboxylic acids is 1. The zero-order valence-electron chi connectivity index (χ0n) is 18.4. The van der Waals surface area contributed by atoms with E-state index in [9.17, 15) is 13.6 Å². The van der Waals surface area contributed by atoms with Crippen LogP contribution in [0, 0.1) is 11.6 Å². The van der Waals surface area contributed by atoms with Crippen molar-refractivity contribution in [3.8, 4) is 0 Å². The van der Waals surface area contributed by atoms with Gasteiger partial charge in [0.1, 0.15) is 17.7 Å². The van der Waals surface area contributed by atoms with Crippen LogP contribution in [0.15, 0.2) is 72.8 Å². The number of benzene rings is 3. The molecule has 178 valence electrons. The number of hydrogen-bond donors (Lipinski definition) is 4. The molecule has 0 aliphatic carbocycles. The number of nitrogens with one attached hydrogen (secondary N) is 4. The van der Waals surface area contributed by atoms with E-state index in [0.29, 0.717) is 22.1 Å². The van der Waals surface area contributed by atoms with Crippen molar-refractivity contribution in [2.75, 3.05) is 21.3 Å². The van der Waals surface area contributed by atoms with Crippen molar-refractivity contribution in [2.45, 2.75) is 13.0 Å². The van der Waals surface area contributed by atoms with E-state index in [2.05, 4.69) is 36.2 Å². The molecule has 0 spiro atoms. The molecular weight excluding hydrogens is 476 g/mol. The lowest BCUT2D eigenvalue weighted by atomic mass is 10.2. The van der Waals surface area contributed by atoms with Crippen molar-refractivity contribution in [1.82, 2.24) is 15.0 Å². The molecule has 0 fully saturated rings. The Balaban J connectivity index is 1.54. The lowest BCUT2D eigenvalue weighted by molar-refractivity contribution is -0.116. The molecule has 0 saturated carbocycles. The topological polar surface area (TPSA) is 104 Å². The largest absolute Gasteiger partial charge is 0.342 e. The standard InChI is InChI=1S/C24H20ClF2N7O/c1-14(21(35)29-18-8-2-15(25)3-9-18)28-22-32-23(30-19-10-4-16(26)5-11-19)34-24(33-22)31-20-12-6-17(27)7-13-20/h2-14H,1H3,(H,29,35)(H3,28,30,31,32,33,34). The number of rotatable bonds is 8. The molecule has 3 aromatic carbocycles. The van der Waals surface area contributed by atoms with Crippen LogP contribution in [-0.2, 0) is 4.79 Å². The number of nitrogens with zero attached hydrogens (tertiary/aromatic N) is 3. The number of amides is 1. The van der Waals surface area contributed by atoms with E-state index in [1.54, 1.807) is 31.2 Å². The molecule has 0 bridgehead atoms. The van der Waals surface area contributed by atoms with Crippen LogP contribution in [0.1, 0.15) is 6.92 Å². The normalized spacial score (nSPS) is 11.4. The minimum Gasteiger partial charge on any atom is -0.342 e. The van der Waals surface area contributed by atoms with Gasteiger partial charge < -0.3 is 21.3 Å². The van der Waals surface area contributed by atoms with Crippen molar-refractivity contribution >= 4 is 52.4 Å². The summed E-state index contributed by atoms with van der Waals surface area (Å²) < 4.78 is 26.5. The maximum atomic E-state index is 13.3. The predicted molar refractivity (Wildman–Crippen MR) is 132 cm³/mol. The number of halogens is 3. The summed E-state index contributed by atoms with van der Waals surface area (Å²) in [5, 5.41) is 12.2. The number of hydrogen-bond acceptors (Lipinski definition) is 7. The van der Waals surface area contributed by atoms with Crippen LogP contribution in [0.2, 0.25) is 5.02 Å². The predicted octanol–water partition coefficient (Wildman–Crippen LogP) is 5.73. The monoisotopic (exact) mass is 495 g/mol. The first-order chi connectivity index (χ1) is 16.8. The number of aromatic nitrogens is 3. The quantitative estimate of drug-likeness (QED) is 0.247. The highest BCUT2D eigenvalue weighted by Gasteiger charge is 2.16. The van der Waals surface area contributed by atoms with Crippen molar-refractivity contribution in [3.05, 3.63) is 89.5 Å². The van der Waals surface area contributed by atoms with E-state index in [-0.39, 0.29) is 35.4 Å². The molecule has 11 heteroatoms. The van der Waals surface area contributed by atoms with Gasteiger partial charge in [0, 0.05) is 22.1 Å². The zero-order valence-corrected chi connectivity index (χ0v) is 19.1. The highest BCUT2D eigenvalue weighted by atomic mass is 35.5. The first kappa shape index (κ1) is 23.8. The summed E-state index contributed by atoms with van der Waals surface area (Å²) in [5.41, 5.74) is 1.68. The number of anilines is 6. The first-order valence-corrected chi connectivity index (χ1v) is 10.9. The molecule has 1 atom stereocenters. The Kier molecular flexibility index (Phi) is 7.32. The summed E-state index contributed by atoms with van der Waals surface area (Å²) in [6, 6.07) is 17.3. The summed E-state index contributed by atoms with van der Waals surface area (Å²) in [7, 11) is 0. The Hall–Kier alpha value is -4.31. The Bertz CT molecular complexity index is 1240. The van der Waals surface area contributed by atoms with E-state index in [4.69, 9.17) is 11.6 Å². The molecule has 35 heavy (non-hydrogen) atoms. The lowest BCUT2D eigenvalue weighted by Crippen LogP contribution is -2.32. The molecule has 0 aliphatic heterocycles. The maximum absolute atomic E-state index is 13.3. The van der Waals surface area contributed by atoms with Gasteiger partial charge in [-0.2, -0.15) is 15.0 Å². The molecule has 1 heterocycles. The Morgan fingerprint density at radius 2 is 1.14 bits per heavy atom. The van der Waals surface area contributed by atoms with Crippen molar-refractivity contribution < 1.29 is 13.6 Å². The molecule has 0 saturated heterocycles. The van der Waals surface area contributed by atoms with E-state index in [1.165, 1.54) is 48.5 Å². The molecular formula is C24H20ClF2N7O. The molecule has 0 aliphatic rings. The third-order valence-corrected chi connectivity index (χ3v) is 4.94. The minimum atomic E-state index is -0.717. The van der Waals surface area contributed by atoms with Gasteiger partial charge in [0.2, 0.25) is 23.8 Å². The fourth-order valence-electron chi connectivity index (χ4n) is 2.92. The van der Waals surface area contributed by atoms with E-state index in [0.717, 1.165) is 0 Å². The van der Waals surface area contributed by atoms with Gasteiger partial charge in [-0.3, -0.25) is 4.79 Å². The third kappa shape index (κ3) is 6.84. The molecule has 4 N–H and O–H groups in total. The maximum Gasteiger partial charge on any atom is 0.246 e. The van der Waals surface area contributed by atoms with Crippen LogP contribution in [-0.4, -0.2) is 26.9 Å². The van der Waals surface area contributed by atoms with Crippen LogP contribution in [0.5, 0.6) is 0 Å². The summed E-state index contributed by atoms with van der Waals surface area (Å²) in [4.78, 5) is 25.6. The highest BCUT2D eigenvalue weighted by molar-refractivity contribution is 6.30. The van der Waals surface area contributed by atoms with Crippen LogP contribution in [0.3, 0.4) is 0 Å². The highest BCUT2D eigenvalue weighted by Crippen LogP contribution is 2.20. The van der Waals surface area contributed by atoms with Crippen LogP contribution in [0.4, 0.5) is 43.7 Å². The van der Waals surface area contributed by atoms with Crippen LogP contribution >= 0.6 is 11.6 Å². The second-order valence-electron chi connectivity index (χ2n) is 7.43. The minimum absolute atomic E-state index is 0.105. The van der Waals surface area contributed by atoms with Gasteiger partial charge in [0.25, 0.3) is 0 Å². The molecule has 1 aromatic heterocycles. The number of carbonyl (C=O) groups is 1. The molecule has 4 aromatic rings. The van der Waals surface area contributed by atoms with Crippen LogP contribution < -0.4 is 21.3 Å². The lowest BCUT2D eigenvalue weighted by Gasteiger charge is -2.16. The smallest absolute Gasteiger partial charge is 0.246 e. The van der Waals surface area contributed by atoms with Crippen molar-refractivity contribution in [1.29, 1.82) is 0 Å². The zero-order chi connectivity index (χ0) is 24.8. The summed E-state index contributed by atoms with van der Waals surface area (Å²) in [5.74, 6) is -0.699. The first-order valence-electron chi connectivity index (χ1n) is 10.5. The van der Waals surface area contributed by atoms with Gasteiger partial charge in [-0.1, -0.05) is 11.6 Å². The summed E-state index contributed by atoms with van der Waals surface area (Å²) in [6.45, 7) is 1.65. The molecule has 1 amide bonds. The fraction of sp³-hybridized carbons (Fsp3) is 0.0833. The third-order valence-electron chi connectivity index (χ3n) is 4.69. The molecule has 0 radical (unpaired) electrons. The second kappa shape index (κ2) is 10.7. The van der Waals surface area contributed by atoms with Gasteiger partial charge >= 0.3 is 0 Å². The SMILES string of the molecule is CC(Nc1nc(Nc2ccc(F)cc2)nc(Nc2ccc(F)cc2)n1)C(=O)Nc1ccc(Cl)cc1. The average Bonchev–Trinajstić information content (AvgIpc) is 2.83. The fourth-order valence-corrected chi connectivity index (χ4v) is 3.05. The Morgan fingerprint density at radius 1 is 0.714 bits per heavy atom. The van der Waals surface area contributed by atoms with E-state index >= 15 is 0 Å². The summed E-state index contributed by atoms with van der Waals surface area (Å²) >= 11 is 5.88. The van der Waals surface area contributed by atoms with Gasteiger partial charge in [-0.25, -0.2) is 8.78 Å². The van der Waals surface area contributed by atoms with Gasteiger partial charge in [-0.15, -0.1) is 0 Å². The van der Waals surface area contributed by atoms with Gasteiger partial charge in [0.15, 0.2) is 0 Å². The van der Waals surface area contributed by atoms with E-state index in [1.807, 2.05) is 0 Å². The molecule has 1 unspecified atom stereocenters. The van der Waals surface area contributed by atoms with Crippen LogP contribution in [0.25, 0.3) is 0 Å². The van der Waals surface area contributed by atoms with Crippen molar-refractivity contribution in [2.24, 2.45) is 0 Å². The van der Waals surface area contributed by atoms with Gasteiger partial charge in [0.05, 0.1) is 0 Å². The van der Waals surface area contributed by atoms with Crippen molar-refractivity contribution in [3.63, 3.8) is 0 Å². The average molecular weight is 496 g/mol.